The first-order chi connectivity index (χ1) is 27.5. The highest BCUT2D eigenvalue weighted by Crippen LogP contribution is 2.36. The quantitative estimate of drug-likeness (QED) is 0.0813. The molecule has 7 rings (SSSR count). The molecule has 16 heteroatoms. The van der Waals surface area contributed by atoms with Gasteiger partial charge in [-0.25, -0.2) is 4.98 Å². The van der Waals surface area contributed by atoms with Gasteiger partial charge in [0.1, 0.15) is 10.8 Å². The number of carbonyl (C=O) groups is 4. The fourth-order valence-electron chi connectivity index (χ4n) is 7.61. The van der Waals surface area contributed by atoms with Gasteiger partial charge in [-0.1, -0.05) is 37.7 Å². The zero-order chi connectivity index (χ0) is 40.2. The summed E-state index contributed by atoms with van der Waals surface area (Å²) in [5.74, 6) is 0.969. The second-order valence-electron chi connectivity index (χ2n) is 14.8. The van der Waals surface area contributed by atoms with E-state index in [9.17, 15) is 19.2 Å². The summed E-state index contributed by atoms with van der Waals surface area (Å²) in [6, 6.07) is 19.3. The van der Waals surface area contributed by atoms with Gasteiger partial charge in [-0.3, -0.25) is 34.3 Å². The van der Waals surface area contributed by atoms with Crippen LogP contribution >= 0.6 is 19.5 Å². The third-order valence-corrected chi connectivity index (χ3v) is 12.4. The predicted octanol–water partition coefficient (Wildman–Crippen LogP) is 5.29. The minimum atomic E-state index is -0.475. The van der Waals surface area contributed by atoms with Crippen molar-refractivity contribution in [1.82, 2.24) is 25.1 Å². The number of amides is 4. The lowest BCUT2D eigenvalue weighted by Gasteiger charge is -2.45. The summed E-state index contributed by atoms with van der Waals surface area (Å²) < 4.78 is 5.80. The number of methoxy groups -OCH3 is 1. The Kier molecular flexibility index (Phi) is 12.2. The average Bonchev–Trinajstić information content (AvgIpc) is 3.45. The van der Waals surface area contributed by atoms with E-state index in [0.717, 1.165) is 68.6 Å². The summed E-state index contributed by atoms with van der Waals surface area (Å²) in [5, 5.41) is 10.5. The molecule has 1 aromatic heterocycles. The molecule has 0 saturated carbocycles. The fraction of sp³-hybridized carbons (Fsp3) is 0.366. The number of rotatable bonds is 15. The number of para-hydroxylation sites is 1. The van der Waals surface area contributed by atoms with E-state index in [2.05, 4.69) is 66.1 Å². The first-order valence-corrected chi connectivity index (χ1v) is 21.6. The minimum Gasteiger partial charge on any atom is -0.494 e. The Hall–Kier alpha value is -5.30. The van der Waals surface area contributed by atoms with Crippen molar-refractivity contribution in [3.8, 4) is 5.75 Å². The molecule has 0 spiro atoms. The second-order valence-corrected chi connectivity index (χ2v) is 17.5. The third kappa shape index (κ3) is 8.83. The Labute approximate surface area is 338 Å². The van der Waals surface area contributed by atoms with Gasteiger partial charge in [0.2, 0.25) is 18.3 Å². The predicted molar refractivity (Wildman–Crippen MR) is 226 cm³/mol. The van der Waals surface area contributed by atoms with Gasteiger partial charge < -0.3 is 25.2 Å². The van der Waals surface area contributed by atoms with E-state index in [1.807, 2.05) is 42.5 Å². The summed E-state index contributed by atoms with van der Waals surface area (Å²) in [6.07, 6.45) is 2.23. The SMILES string of the molecule is COc1cc(N2CCN(CC3CN(c4ccc5c(c4)C(=O)N(C(C)CCC(=O)NC=O)C5=O)C3)CC2)ccc1Nc1ncc(Cl)c(Nc2ccccc2P(C)C)n1. The monoisotopic (exact) mass is 811 g/mol. The van der Waals surface area contributed by atoms with Crippen molar-refractivity contribution in [2.45, 2.75) is 25.8 Å². The highest BCUT2D eigenvalue weighted by atomic mass is 35.5. The average molecular weight is 812 g/mol. The molecule has 4 aromatic rings. The molecule has 3 N–H and O–H groups in total. The molecule has 3 aliphatic heterocycles. The largest absolute Gasteiger partial charge is 0.494 e. The van der Waals surface area contributed by atoms with Crippen LogP contribution in [0.5, 0.6) is 5.75 Å². The molecule has 1 atom stereocenters. The minimum absolute atomic E-state index is 0.0413. The number of piperazine rings is 1. The Bertz CT molecular complexity index is 2160. The van der Waals surface area contributed by atoms with Crippen molar-refractivity contribution in [3.63, 3.8) is 0 Å². The van der Waals surface area contributed by atoms with Crippen LogP contribution in [0.1, 0.15) is 40.5 Å². The maximum Gasteiger partial charge on any atom is 0.261 e. The van der Waals surface area contributed by atoms with Crippen LogP contribution in [0.15, 0.2) is 66.9 Å². The summed E-state index contributed by atoms with van der Waals surface area (Å²) in [5.41, 5.74) is 4.51. The molecular weight excluding hydrogens is 765 g/mol. The Balaban J connectivity index is 0.897. The van der Waals surface area contributed by atoms with Crippen LogP contribution in [0.25, 0.3) is 0 Å². The van der Waals surface area contributed by atoms with Gasteiger partial charge in [-0.2, -0.15) is 4.98 Å². The molecule has 0 aliphatic carbocycles. The highest BCUT2D eigenvalue weighted by Gasteiger charge is 2.39. The first kappa shape index (κ1) is 39.9. The van der Waals surface area contributed by atoms with Crippen molar-refractivity contribution in [1.29, 1.82) is 0 Å². The van der Waals surface area contributed by atoms with Crippen molar-refractivity contribution in [2.24, 2.45) is 5.92 Å². The van der Waals surface area contributed by atoms with Gasteiger partial charge in [0.05, 0.1) is 30.1 Å². The number of hydrogen-bond acceptors (Lipinski definition) is 12. The Morgan fingerprint density at radius 1 is 0.947 bits per heavy atom. The molecular formula is C41H47ClN9O5P. The fourth-order valence-corrected chi connectivity index (χ4v) is 8.75. The lowest BCUT2D eigenvalue weighted by Crippen LogP contribution is -2.55. The molecule has 298 valence electrons. The maximum atomic E-state index is 13.3. The molecule has 4 heterocycles. The van der Waals surface area contributed by atoms with E-state index in [-0.39, 0.29) is 32.6 Å². The molecule has 2 fully saturated rings. The second kappa shape index (κ2) is 17.5. The first-order valence-electron chi connectivity index (χ1n) is 19.0. The third-order valence-electron chi connectivity index (χ3n) is 10.7. The number of benzene rings is 3. The normalized spacial score (nSPS) is 16.4. The van der Waals surface area contributed by atoms with Crippen LogP contribution in [-0.2, 0) is 9.59 Å². The summed E-state index contributed by atoms with van der Waals surface area (Å²) in [7, 11) is 1.33. The molecule has 1 unspecified atom stereocenters. The van der Waals surface area contributed by atoms with Crippen LogP contribution in [0.3, 0.4) is 0 Å². The summed E-state index contributed by atoms with van der Waals surface area (Å²) in [6.45, 7) is 12.6. The number of fused-ring (bicyclic) bond motifs is 1. The van der Waals surface area contributed by atoms with Crippen LogP contribution in [-0.4, -0.2) is 116 Å². The van der Waals surface area contributed by atoms with E-state index < -0.39 is 11.9 Å². The molecule has 57 heavy (non-hydrogen) atoms. The molecule has 0 radical (unpaired) electrons. The molecule has 0 bridgehead atoms. The standard InChI is InChI=1S/C41H47ClN9O5P/c1-26(9-14-37(53)44-25-52)51-39(54)30-12-10-28(19-31(30)40(51)55)50-23-27(24-50)22-48-15-17-49(18-16-48)29-11-13-33(35(20-29)56-2)46-41-43-21-32(42)38(47-41)45-34-7-5-6-8-36(34)57(3)4/h5-8,10-13,19-21,25-27H,9,14-18,22-24H2,1-4H3,(H,44,52,53)(H2,43,45,46,47). The lowest BCUT2D eigenvalue weighted by molar-refractivity contribution is -0.125. The van der Waals surface area contributed by atoms with Gasteiger partial charge >= 0.3 is 0 Å². The highest BCUT2D eigenvalue weighted by molar-refractivity contribution is 7.64. The number of hydrogen-bond donors (Lipinski definition) is 3. The van der Waals surface area contributed by atoms with Crippen molar-refractivity contribution < 1.29 is 23.9 Å². The number of nitrogens with zero attached hydrogens (tertiary/aromatic N) is 6. The molecule has 2 saturated heterocycles. The van der Waals surface area contributed by atoms with Crippen LogP contribution in [0.2, 0.25) is 5.02 Å². The van der Waals surface area contributed by atoms with Crippen LogP contribution < -0.4 is 35.8 Å². The van der Waals surface area contributed by atoms with Gasteiger partial charge in [0, 0.05) is 87.3 Å². The summed E-state index contributed by atoms with van der Waals surface area (Å²) >= 11 is 6.50. The van der Waals surface area contributed by atoms with E-state index in [4.69, 9.17) is 16.3 Å². The van der Waals surface area contributed by atoms with Crippen LogP contribution in [0, 0.1) is 5.92 Å². The van der Waals surface area contributed by atoms with E-state index in [1.54, 1.807) is 26.3 Å². The van der Waals surface area contributed by atoms with Gasteiger partial charge in [0.25, 0.3) is 11.8 Å². The molecule has 3 aliphatic rings. The molecule has 3 aromatic carbocycles. The number of ether oxygens (including phenoxy) is 1. The zero-order valence-corrected chi connectivity index (χ0v) is 34.1. The number of aromatic nitrogens is 2. The number of imide groups is 2. The van der Waals surface area contributed by atoms with Gasteiger partial charge in [0.15, 0.2) is 5.82 Å². The number of anilines is 6. The van der Waals surface area contributed by atoms with Crippen molar-refractivity contribution in [3.05, 3.63) is 83.0 Å². The van der Waals surface area contributed by atoms with Crippen molar-refractivity contribution >= 4 is 83.5 Å². The van der Waals surface area contributed by atoms with E-state index in [1.165, 1.54) is 10.2 Å². The van der Waals surface area contributed by atoms with Gasteiger partial charge in [-0.05, 0) is 68.4 Å². The topological polar surface area (TPSA) is 152 Å². The van der Waals surface area contributed by atoms with Crippen molar-refractivity contribution in [2.75, 3.05) is 86.7 Å². The van der Waals surface area contributed by atoms with E-state index >= 15 is 0 Å². The lowest BCUT2D eigenvalue weighted by atomic mass is 9.97. The Morgan fingerprint density at radius 3 is 2.40 bits per heavy atom. The zero-order valence-electron chi connectivity index (χ0n) is 32.5. The number of halogens is 1. The van der Waals surface area contributed by atoms with E-state index in [0.29, 0.717) is 46.0 Å². The Morgan fingerprint density at radius 2 is 1.67 bits per heavy atom. The van der Waals surface area contributed by atoms with Crippen LogP contribution in [0.4, 0.5) is 34.5 Å². The van der Waals surface area contributed by atoms with Gasteiger partial charge in [-0.15, -0.1) is 0 Å². The number of nitrogens with one attached hydrogen (secondary N) is 3. The molecule has 4 amide bonds. The smallest absolute Gasteiger partial charge is 0.261 e. The maximum absolute atomic E-state index is 13.3. The molecule has 14 nitrogen and oxygen atoms in total. The number of carbonyl (C=O) groups excluding carboxylic acids is 4. The summed E-state index contributed by atoms with van der Waals surface area (Å²) in [4.78, 5) is 66.1.